The van der Waals surface area contributed by atoms with Crippen LogP contribution in [0.25, 0.3) is 0 Å². The Labute approximate surface area is 71.4 Å². The van der Waals surface area contributed by atoms with E-state index in [2.05, 4.69) is 17.1 Å². The van der Waals surface area contributed by atoms with Crippen molar-refractivity contribution in [1.82, 2.24) is 14.8 Å². The summed E-state index contributed by atoms with van der Waals surface area (Å²) < 4.78 is 1.86. The molecule has 1 rings (SSSR count). The van der Waals surface area contributed by atoms with Gasteiger partial charge < -0.3 is 4.57 Å². The molecule has 11 heavy (non-hydrogen) atoms. The van der Waals surface area contributed by atoms with E-state index in [0.717, 1.165) is 13.0 Å². The van der Waals surface area contributed by atoms with E-state index in [9.17, 15) is 0 Å². The van der Waals surface area contributed by atoms with E-state index in [0.29, 0.717) is 5.28 Å². The molecule has 0 aliphatic heterocycles. The van der Waals surface area contributed by atoms with Gasteiger partial charge in [0.05, 0.1) is 0 Å². The summed E-state index contributed by atoms with van der Waals surface area (Å²) in [5, 5.41) is 7.84. The molecule has 1 heterocycles. The van der Waals surface area contributed by atoms with Crippen molar-refractivity contribution in [2.75, 3.05) is 0 Å². The number of unbranched alkanes of at least 4 members (excludes halogenated alkanes) is 2. The monoisotopic (exact) mass is 173 g/mol. The first-order chi connectivity index (χ1) is 5.34. The first kappa shape index (κ1) is 8.53. The second-order valence-electron chi connectivity index (χ2n) is 2.50. The Morgan fingerprint density at radius 2 is 2.36 bits per heavy atom. The second kappa shape index (κ2) is 4.34. The molecule has 0 aliphatic carbocycles. The Morgan fingerprint density at radius 1 is 1.55 bits per heavy atom. The number of hydrogen-bond acceptors (Lipinski definition) is 2. The highest BCUT2D eigenvalue weighted by molar-refractivity contribution is 6.28. The van der Waals surface area contributed by atoms with E-state index in [1.807, 2.05) is 4.57 Å². The van der Waals surface area contributed by atoms with Crippen LogP contribution in [0.15, 0.2) is 6.33 Å². The van der Waals surface area contributed by atoms with Crippen LogP contribution in [0.5, 0.6) is 0 Å². The summed E-state index contributed by atoms with van der Waals surface area (Å²) in [6.07, 6.45) is 5.26. The average molecular weight is 174 g/mol. The Hall–Kier alpha value is -0.570. The first-order valence-electron chi connectivity index (χ1n) is 3.88. The van der Waals surface area contributed by atoms with Gasteiger partial charge in [-0.25, -0.2) is 0 Å². The molecule has 0 saturated carbocycles. The second-order valence-corrected chi connectivity index (χ2v) is 2.84. The highest BCUT2D eigenvalue weighted by Crippen LogP contribution is 2.05. The molecular weight excluding hydrogens is 162 g/mol. The van der Waals surface area contributed by atoms with Crippen molar-refractivity contribution in [3.8, 4) is 0 Å². The SMILES string of the molecule is CCCCCn1cnnc1Cl. The molecule has 0 amide bonds. The van der Waals surface area contributed by atoms with Crippen molar-refractivity contribution in [2.24, 2.45) is 0 Å². The maximum Gasteiger partial charge on any atom is 0.224 e. The van der Waals surface area contributed by atoms with Crippen LogP contribution in [-0.2, 0) is 6.54 Å². The van der Waals surface area contributed by atoms with Gasteiger partial charge in [0.1, 0.15) is 6.33 Å². The zero-order chi connectivity index (χ0) is 8.10. The Morgan fingerprint density at radius 3 is 2.91 bits per heavy atom. The van der Waals surface area contributed by atoms with E-state index in [-0.39, 0.29) is 0 Å². The topological polar surface area (TPSA) is 30.7 Å². The van der Waals surface area contributed by atoms with E-state index < -0.39 is 0 Å². The van der Waals surface area contributed by atoms with Gasteiger partial charge in [0.25, 0.3) is 0 Å². The van der Waals surface area contributed by atoms with Crippen LogP contribution in [-0.4, -0.2) is 14.8 Å². The molecule has 0 fully saturated rings. The lowest BCUT2D eigenvalue weighted by Gasteiger charge is -1.99. The van der Waals surface area contributed by atoms with Crippen molar-refractivity contribution in [2.45, 2.75) is 32.7 Å². The minimum absolute atomic E-state index is 0.487. The number of aryl methyl sites for hydroxylation is 1. The zero-order valence-corrected chi connectivity index (χ0v) is 7.38. The van der Waals surface area contributed by atoms with Gasteiger partial charge in [-0.15, -0.1) is 10.2 Å². The minimum atomic E-state index is 0.487. The van der Waals surface area contributed by atoms with Gasteiger partial charge in [-0.3, -0.25) is 0 Å². The Balaban J connectivity index is 2.32. The average Bonchev–Trinajstić information content (AvgIpc) is 2.37. The van der Waals surface area contributed by atoms with Crippen molar-refractivity contribution in [1.29, 1.82) is 0 Å². The third-order valence-electron chi connectivity index (χ3n) is 1.57. The number of nitrogens with zero attached hydrogens (tertiary/aromatic N) is 3. The molecule has 0 unspecified atom stereocenters. The maximum absolute atomic E-state index is 5.71. The summed E-state index contributed by atoms with van der Waals surface area (Å²) in [7, 11) is 0. The molecule has 0 saturated heterocycles. The minimum Gasteiger partial charge on any atom is -0.304 e. The summed E-state index contributed by atoms with van der Waals surface area (Å²) in [5.41, 5.74) is 0. The van der Waals surface area contributed by atoms with E-state index >= 15 is 0 Å². The first-order valence-corrected chi connectivity index (χ1v) is 4.25. The molecule has 0 aliphatic rings. The van der Waals surface area contributed by atoms with Crippen LogP contribution >= 0.6 is 11.6 Å². The van der Waals surface area contributed by atoms with Crippen LogP contribution in [0.4, 0.5) is 0 Å². The number of hydrogen-bond donors (Lipinski definition) is 0. The third kappa shape index (κ3) is 2.50. The standard InChI is InChI=1S/C7H12ClN3/c1-2-3-4-5-11-6-9-10-7(11)8/h6H,2-5H2,1H3. The molecule has 0 aromatic carbocycles. The molecule has 62 valence electrons. The van der Waals surface area contributed by atoms with Crippen molar-refractivity contribution in [3.05, 3.63) is 11.6 Å². The maximum atomic E-state index is 5.71. The predicted octanol–water partition coefficient (Wildman–Crippen LogP) is 2.12. The van der Waals surface area contributed by atoms with E-state index in [1.165, 1.54) is 12.8 Å². The van der Waals surface area contributed by atoms with E-state index in [1.54, 1.807) is 6.33 Å². The number of rotatable bonds is 4. The van der Waals surface area contributed by atoms with Crippen LogP contribution < -0.4 is 0 Å². The molecule has 4 heteroatoms. The molecule has 3 nitrogen and oxygen atoms in total. The number of halogens is 1. The summed E-state index contributed by atoms with van der Waals surface area (Å²) in [6.45, 7) is 3.10. The molecule has 1 aromatic heterocycles. The summed E-state index contributed by atoms with van der Waals surface area (Å²) in [4.78, 5) is 0. The highest BCUT2D eigenvalue weighted by atomic mass is 35.5. The lowest BCUT2D eigenvalue weighted by Crippen LogP contribution is -1.95. The fraction of sp³-hybridized carbons (Fsp3) is 0.714. The quantitative estimate of drug-likeness (QED) is 0.653. The van der Waals surface area contributed by atoms with Crippen molar-refractivity contribution < 1.29 is 0 Å². The van der Waals surface area contributed by atoms with Crippen LogP contribution in [0.1, 0.15) is 26.2 Å². The molecule has 0 N–H and O–H groups in total. The fourth-order valence-corrected chi connectivity index (χ4v) is 1.09. The van der Waals surface area contributed by atoms with E-state index in [4.69, 9.17) is 11.6 Å². The normalized spacial score (nSPS) is 10.4. The number of aromatic nitrogens is 3. The van der Waals surface area contributed by atoms with Gasteiger partial charge in [-0.2, -0.15) is 0 Å². The summed E-state index contributed by atoms with van der Waals surface area (Å²) in [5.74, 6) is 0. The smallest absolute Gasteiger partial charge is 0.224 e. The molecule has 1 aromatic rings. The largest absolute Gasteiger partial charge is 0.304 e. The van der Waals surface area contributed by atoms with Crippen LogP contribution in [0, 0.1) is 0 Å². The Bertz CT molecular complexity index is 209. The molecule has 0 atom stereocenters. The lowest BCUT2D eigenvalue weighted by molar-refractivity contribution is 0.601. The summed E-state index contributed by atoms with van der Waals surface area (Å²) >= 11 is 5.71. The van der Waals surface area contributed by atoms with Gasteiger partial charge in [0.15, 0.2) is 0 Å². The van der Waals surface area contributed by atoms with Gasteiger partial charge in [-0.05, 0) is 18.0 Å². The third-order valence-corrected chi connectivity index (χ3v) is 1.86. The fourth-order valence-electron chi connectivity index (χ4n) is 0.923. The Kier molecular flexibility index (Phi) is 3.36. The van der Waals surface area contributed by atoms with Gasteiger partial charge >= 0.3 is 0 Å². The van der Waals surface area contributed by atoms with Crippen LogP contribution in [0.3, 0.4) is 0 Å². The van der Waals surface area contributed by atoms with Crippen molar-refractivity contribution >= 4 is 11.6 Å². The lowest BCUT2D eigenvalue weighted by atomic mass is 10.2. The molecule has 0 bridgehead atoms. The zero-order valence-electron chi connectivity index (χ0n) is 6.63. The van der Waals surface area contributed by atoms with Crippen LogP contribution in [0.2, 0.25) is 5.28 Å². The van der Waals surface area contributed by atoms with Crippen molar-refractivity contribution in [3.63, 3.8) is 0 Å². The van der Waals surface area contributed by atoms with Gasteiger partial charge in [0.2, 0.25) is 5.28 Å². The van der Waals surface area contributed by atoms with Gasteiger partial charge in [-0.1, -0.05) is 19.8 Å². The molecule has 0 radical (unpaired) electrons. The highest BCUT2D eigenvalue weighted by Gasteiger charge is 1.97. The van der Waals surface area contributed by atoms with Gasteiger partial charge in [0, 0.05) is 6.54 Å². The molecular formula is C7H12ClN3. The predicted molar refractivity (Wildman–Crippen MR) is 44.6 cm³/mol. The molecule has 0 spiro atoms. The summed E-state index contributed by atoms with van der Waals surface area (Å²) in [6, 6.07) is 0.